The molecule has 0 spiro atoms. The molecule has 1 heterocycles. The number of rotatable bonds is 5. The largest absolute Gasteiger partial charge is 0.301 e. The molecule has 2 aromatic carbocycles. The average Bonchev–Trinajstić information content (AvgIpc) is 3.03. The van der Waals surface area contributed by atoms with E-state index in [0.717, 1.165) is 11.1 Å². The molecule has 0 aliphatic rings. The molecule has 3 aromatic rings. The van der Waals surface area contributed by atoms with Gasteiger partial charge in [0.1, 0.15) is 18.5 Å². The first-order valence-electron chi connectivity index (χ1n) is 6.92. The molecule has 0 bridgehead atoms. The Morgan fingerprint density at radius 2 is 1.91 bits per heavy atom. The summed E-state index contributed by atoms with van der Waals surface area (Å²) in [6.45, 7) is 0. The minimum Gasteiger partial charge on any atom is -0.301 e. The maximum atomic E-state index is 13.2. The molecule has 118 valence electrons. The van der Waals surface area contributed by atoms with Crippen LogP contribution in [0.5, 0.6) is 0 Å². The van der Waals surface area contributed by atoms with Crippen LogP contribution in [-0.4, -0.2) is 14.9 Å². The highest BCUT2D eigenvalue weighted by molar-refractivity contribution is 6.35. The predicted octanol–water partition coefficient (Wildman–Crippen LogP) is 4.25. The molecule has 3 rings (SSSR count). The first-order valence-corrected chi connectivity index (χ1v) is 7.68. The molecule has 0 aliphatic heterocycles. The fourth-order valence-electron chi connectivity index (χ4n) is 2.27. The van der Waals surface area contributed by atoms with Gasteiger partial charge in [-0.1, -0.05) is 41.4 Å². The van der Waals surface area contributed by atoms with E-state index in [4.69, 9.17) is 23.2 Å². The van der Waals surface area contributed by atoms with Crippen molar-refractivity contribution >= 4 is 23.2 Å². The number of aromatic nitrogens is 3. The minimum absolute atomic E-state index is 0.157. The Kier molecular flexibility index (Phi) is 4.79. The zero-order chi connectivity index (χ0) is 16.2. The number of nitrogens with one attached hydrogen (secondary N) is 1. The maximum Gasteiger partial charge on any atom is 0.139 e. The van der Waals surface area contributed by atoms with E-state index in [1.807, 2.05) is 6.07 Å². The van der Waals surface area contributed by atoms with E-state index in [1.165, 1.54) is 23.3 Å². The number of benzene rings is 2. The fraction of sp³-hybridized carbons (Fsp3) is 0.125. The third-order valence-electron chi connectivity index (χ3n) is 3.42. The first kappa shape index (κ1) is 15.8. The molecule has 0 saturated carbocycles. The molecular weight excluding hydrogens is 338 g/mol. The lowest BCUT2D eigenvalue weighted by atomic mass is 9.99. The number of nitrogens with zero attached hydrogens (tertiary/aromatic N) is 3. The smallest absolute Gasteiger partial charge is 0.139 e. The maximum absolute atomic E-state index is 13.2. The molecule has 0 saturated heterocycles. The van der Waals surface area contributed by atoms with Crippen molar-refractivity contribution in [3.8, 4) is 0 Å². The number of halogens is 3. The summed E-state index contributed by atoms with van der Waals surface area (Å²) >= 11 is 12.2. The van der Waals surface area contributed by atoms with Crippen molar-refractivity contribution in [2.45, 2.75) is 12.5 Å². The summed E-state index contributed by atoms with van der Waals surface area (Å²) in [4.78, 5) is 5.42. The summed E-state index contributed by atoms with van der Waals surface area (Å²) < 4.78 is 13.2. The monoisotopic (exact) mass is 350 g/mol. The van der Waals surface area contributed by atoms with Crippen LogP contribution in [0, 0.1) is 5.82 Å². The van der Waals surface area contributed by atoms with Crippen LogP contribution < -0.4 is 5.43 Å². The Morgan fingerprint density at radius 3 is 2.57 bits per heavy atom. The van der Waals surface area contributed by atoms with Crippen LogP contribution in [-0.2, 0) is 6.42 Å². The quantitative estimate of drug-likeness (QED) is 0.747. The van der Waals surface area contributed by atoms with Crippen LogP contribution in [0.2, 0.25) is 10.0 Å². The van der Waals surface area contributed by atoms with Gasteiger partial charge in [0.25, 0.3) is 0 Å². The molecule has 0 amide bonds. The molecule has 0 aliphatic carbocycles. The molecule has 0 radical (unpaired) electrons. The van der Waals surface area contributed by atoms with Gasteiger partial charge in [0, 0.05) is 10.0 Å². The van der Waals surface area contributed by atoms with Crippen LogP contribution in [0.15, 0.2) is 55.1 Å². The van der Waals surface area contributed by atoms with Gasteiger partial charge in [-0.15, -0.1) is 5.10 Å². The van der Waals surface area contributed by atoms with Crippen molar-refractivity contribution in [3.05, 3.63) is 82.1 Å². The van der Waals surface area contributed by atoms with Crippen molar-refractivity contribution < 1.29 is 4.39 Å². The van der Waals surface area contributed by atoms with Gasteiger partial charge in [-0.05, 0) is 41.8 Å². The lowest BCUT2D eigenvalue weighted by molar-refractivity contribution is 0.609. The van der Waals surface area contributed by atoms with Gasteiger partial charge in [0.05, 0.1) is 6.04 Å². The molecule has 0 fully saturated rings. The van der Waals surface area contributed by atoms with Crippen LogP contribution >= 0.6 is 23.2 Å². The van der Waals surface area contributed by atoms with Crippen molar-refractivity contribution in [3.63, 3.8) is 0 Å². The van der Waals surface area contributed by atoms with E-state index in [0.29, 0.717) is 16.5 Å². The van der Waals surface area contributed by atoms with Crippen LogP contribution in [0.25, 0.3) is 0 Å². The molecule has 1 aromatic heterocycles. The zero-order valence-corrected chi connectivity index (χ0v) is 13.5. The molecule has 1 unspecified atom stereocenters. The third kappa shape index (κ3) is 4.00. The van der Waals surface area contributed by atoms with Gasteiger partial charge in [0.15, 0.2) is 0 Å². The fourth-order valence-corrected chi connectivity index (χ4v) is 2.76. The number of hydrogen-bond acceptors (Lipinski definition) is 3. The molecule has 23 heavy (non-hydrogen) atoms. The van der Waals surface area contributed by atoms with E-state index >= 15 is 0 Å². The second-order valence-corrected chi connectivity index (χ2v) is 5.86. The Labute approximate surface area is 142 Å². The van der Waals surface area contributed by atoms with Crippen molar-refractivity contribution in [1.82, 2.24) is 14.9 Å². The topological polar surface area (TPSA) is 42.7 Å². The predicted molar refractivity (Wildman–Crippen MR) is 88.7 cm³/mol. The highest BCUT2D eigenvalue weighted by Gasteiger charge is 2.15. The highest BCUT2D eigenvalue weighted by Crippen LogP contribution is 2.27. The van der Waals surface area contributed by atoms with Gasteiger partial charge >= 0.3 is 0 Å². The summed E-state index contributed by atoms with van der Waals surface area (Å²) in [5.41, 5.74) is 5.05. The van der Waals surface area contributed by atoms with Crippen molar-refractivity contribution in [1.29, 1.82) is 0 Å². The lowest BCUT2D eigenvalue weighted by Crippen LogP contribution is -2.23. The van der Waals surface area contributed by atoms with Crippen LogP contribution in [0.3, 0.4) is 0 Å². The van der Waals surface area contributed by atoms with E-state index < -0.39 is 0 Å². The lowest BCUT2D eigenvalue weighted by Gasteiger charge is -2.20. The Bertz CT molecular complexity index is 775. The Morgan fingerprint density at radius 1 is 1.13 bits per heavy atom. The zero-order valence-electron chi connectivity index (χ0n) is 12.0. The summed E-state index contributed by atoms with van der Waals surface area (Å²) in [5, 5.41) is 5.22. The van der Waals surface area contributed by atoms with Gasteiger partial charge in [-0.3, -0.25) is 0 Å². The Hall–Kier alpha value is -2.11. The van der Waals surface area contributed by atoms with Gasteiger partial charge in [-0.25, -0.2) is 9.37 Å². The molecule has 7 heteroatoms. The first-order chi connectivity index (χ1) is 11.1. The summed E-state index contributed by atoms with van der Waals surface area (Å²) in [5.74, 6) is -0.280. The van der Waals surface area contributed by atoms with Crippen molar-refractivity contribution in [2.75, 3.05) is 5.43 Å². The summed E-state index contributed by atoms with van der Waals surface area (Å²) in [6.07, 6.45) is 3.57. The second-order valence-electron chi connectivity index (χ2n) is 5.01. The molecule has 4 nitrogen and oxygen atoms in total. The molecular formula is C16H13Cl2FN4. The molecule has 1 N–H and O–H groups in total. The van der Waals surface area contributed by atoms with Gasteiger partial charge in [-0.2, -0.15) is 4.79 Å². The molecule has 1 atom stereocenters. The second kappa shape index (κ2) is 6.98. The van der Waals surface area contributed by atoms with E-state index in [9.17, 15) is 4.39 Å². The summed E-state index contributed by atoms with van der Waals surface area (Å²) in [7, 11) is 0. The average molecular weight is 351 g/mol. The third-order valence-corrected chi connectivity index (χ3v) is 4.01. The summed E-state index contributed by atoms with van der Waals surface area (Å²) in [6, 6.07) is 11.5. The van der Waals surface area contributed by atoms with E-state index in [2.05, 4.69) is 15.5 Å². The van der Waals surface area contributed by atoms with E-state index in [-0.39, 0.29) is 11.9 Å². The normalized spacial score (nSPS) is 12.1. The minimum atomic E-state index is -0.280. The highest BCUT2D eigenvalue weighted by atomic mass is 35.5. The van der Waals surface area contributed by atoms with Crippen molar-refractivity contribution in [2.24, 2.45) is 0 Å². The van der Waals surface area contributed by atoms with Crippen LogP contribution in [0.1, 0.15) is 17.2 Å². The number of hydrogen-bond donors (Lipinski definition) is 1. The van der Waals surface area contributed by atoms with Gasteiger partial charge in [0.2, 0.25) is 0 Å². The Balaban J connectivity index is 1.89. The van der Waals surface area contributed by atoms with E-state index in [1.54, 1.807) is 30.6 Å². The van der Waals surface area contributed by atoms with Crippen LogP contribution in [0.4, 0.5) is 4.39 Å². The van der Waals surface area contributed by atoms with Gasteiger partial charge < -0.3 is 5.43 Å². The standard InChI is InChI=1S/C16H13Cl2FN4/c17-13-4-1-12(15(18)8-13)7-16(22-23-10-20-9-21-23)11-2-5-14(19)6-3-11/h1-6,8-10,16,22H,7H2. The SMILES string of the molecule is Fc1ccc(C(Cc2ccc(Cl)cc2Cl)Nn2cncn2)cc1.